The van der Waals surface area contributed by atoms with Gasteiger partial charge in [-0.1, -0.05) is 6.92 Å². The van der Waals surface area contributed by atoms with Crippen LogP contribution in [0.4, 0.5) is 13.2 Å². The fourth-order valence-corrected chi connectivity index (χ4v) is 2.84. The van der Waals surface area contributed by atoms with E-state index in [2.05, 4.69) is 9.97 Å². The van der Waals surface area contributed by atoms with Gasteiger partial charge in [0.25, 0.3) is 0 Å². The Bertz CT molecular complexity index is 754. The Morgan fingerprint density at radius 1 is 1.15 bits per heavy atom. The predicted octanol–water partition coefficient (Wildman–Crippen LogP) is 4.61. The molecular weight excluding hydrogens is 343 g/mol. The smallest absolute Gasteiger partial charge is 0.419 e. The molecule has 1 aromatic carbocycles. The zero-order chi connectivity index (χ0) is 19.5. The van der Waals surface area contributed by atoms with Crippen molar-refractivity contribution < 1.29 is 17.9 Å². The third-order valence-electron chi connectivity index (χ3n) is 3.78. The Balaban J connectivity index is 2.27. The van der Waals surface area contributed by atoms with Crippen molar-refractivity contribution in [1.82, 2.24) is 9.97 Å². The fraction of sp³-hybridized carbons (Fsp3) is 0.474. The number of halogens is 3. The van der Waals surface area contributed by atoms with E-state index >= 15 is 0 Å². The summed E-state index contributed by atoms with van der Waals surface area (Å²) in [5.74, 6) is -0.158. The number of rotatable bonds is 6. The molecule has 142 valence electrons. The first kappa shape index (κ1) is 20.2. The second kappa shape index (κ2) is 7.61. The van der Waals surface area contributed by atoms with E-state index in [0.717, 1.165) is 6.07 Å². The number of aromatic nitrogens is 2. The normalized spacial score (nSPS) is 13.5. The maximum atomic E-state index is 13.5. The van der Waals surface area contributed by atoms with Gasteiger partial charge in [0.15, 0.2) is 0 Å². The number of nitrogens with two attached hydrogens (primary N) is 1. The minimum absolute atomic E-state index is 0.0280. The average Bonchev–Trinajstić information content (AvgIpc) is 2.50. The molecule has 1 atom stereocenters. The number of alkyl halides is 3. The summed E-state index contributed by atoms with van der Waals surface area (Å²) in [6.07, 6.45) is -2.55. The lowest BCUT2D eigenvalue weighted by Crippen LogP contribution is -2.35. The van der Waals surface area contributed by atoms with Crippen molar-refractivity contribution in [1.29, 1.82) is 0 Å². The van der Waals surface area contributed by atoms with Gasteiger partial charge in [-0.05, 0) is 57.4 Å². The molecule has 1 aromatic heterocycles. The molecule has 0 aliphatic heterocycles. The standard InChI is InChI=1S/C19H24F3N3O/c1-12(9-18(3,4)23)10-26-17-6-5-14(8-15(17)19(20,21)22)16-7-13(2)24-11-25-16/h5-8,11-12H,9-10,23H2,1-4H3/t12-/m0/s1. The molecule has 2 aromatic rings. The van der Waals surface area contributed by atoms with Crippen LogP contribution in [0.5, 0.6) is 5.75 Å². The molecule has 0 bridgehead atoms. The van der Waals surface area contributed by atoms with Crippen molar-refractivity contribution in [3.05, 3.63) is 41.9 Å². The summed E-state index contributed by atoms with van der Waals surface area (Å²) < 4.78 is 45.9. The molecule has 0 aliphatic rings. The van der Waals surface area contributed by atoms with Gasteiger partial charge in [0, 0.05) is 16.8 Å². The van der Waals surface area contributed by atoms with Crippen molar-refractivity contribution in [3.63, 3.8) is 0 Å². The topological polar surface area (TPSA) is 61.0 Å². The first-order valence-corrected chi connectivity index (χ1v) is 8.37. The van der Waals surface area contributed by atoms with E-state index in [4.69, 9.17) is 10.5 Å². The van der Waals surface area contributed by atoms with Crippen molar-refractivity contribution in [2.75, 3.05) is 6.61 Å². The first-order valence-electron chi connectivity index (χ1n) is 8.37. The average molecular weight is 367 g/mol. The Kier molecular flexibility index (Phi) is 5.91. The molecule has 2 N–H and O–H groups in total. The van der Waals surface area contributed by atoms with Gasteiger partial charge in [0.05, 0.1) is 17.9 Å². The maximum Gasteiger partial charge on any atom is 0.419 e. The molecule has 2 rings (SSSR count). The summed E-state index contributed by atoms with van der Waals surface area (Å²) in [6, 6.07) is 5.62. The molecule has 26 heavy (non-hydrogen) atoms. The zero-order valence-corrected chi connectivity index (χ0v) is 15.4. The summed E-state index contributed by atoms with van der Waals surface area (Å²) in [7, 11) is 0. The van der Waals surface area contributed by atoms with Crippen LogP contribution in [0, 0.1) is 12.8 Å². The maximum absolute atomic E-state index is 13.5. The third-order valence-corrected chi connectivity index (χ3v) is 3.78. The van der Waals surface area contributed by atoms with E-state index in [9.17, 15) is 13.2 Å². The van der Waals surface area contributed by atoms with Crippen LogP contribution in [-0.4, -0.2) is 22.1 Å². The number of ether oxygens (including phenoxy) is 1. The van der Waals surface area contributed by atoms with Gasteiger partial charge < -0.3 is 10.5 Å². The molecular formula is C19H24F3N3O. The molecule has 0 aliphatic carbocycles. The van der Waals surface area contributed by atoms with Crippen LogP contribution in [0.15, 0.2) is 30.6 Å². The summed E-state index contributed by atoms with van der Waals surface area (Å²) in [5.41, 5.74) is 6.23. The van der Waals surface area contributed by atoms with Gasteiger partial charge in [-0.15, -0.1) is 0 Å². The highest BCUT2D eigenvalue weighted by Crippen LogP contribution is 2.38. The number of hydrogen-bond acceptors (Lipinski definition) is 4. The summed E-state index contributed by atoms with van der Waals surface area (Å²) in [6.45, 7) is 7.58. The van der Waals surface area contributed by atoms with Crippen LogP contribution in [0.1, 0.15) is 38.4 Å². The third kappa shape index (κ3) is 5.69. The highest BCUT2D eigenvalue weighted by molar-refractivity contribution is 5.62. The monoisotopic (exact) mass is 367 g/mol. The molecule has 0 fully saturated rings. The summed E-state index contributed by atoms with van der Waals surface area (Å²) >= 11 is 0. The van der Waals surface area contributed by atoms with E-state index in [1.54, 1.807) is 19.1 Å². The molecule has 7 heteroatoms. The van der Waals surface area contributed by atoms with Crippen molar-refractivity contribution >= 4 is 0 Å². The summed E-state index contributed by atoms with van der Waals surface area (Å²) in [5, 5.41) is 0. The highest BCUT2D eigenvalue weighted by Gasteiger charge is 2.35. The summed E-state index contributed by atoms with van der Waals surface area (Å²) in [4.78, 5) is 8.01. The van der Waals surface area contributed by atoms with Gasteiger partial charge in [0.1, 0.15) is 12.1 Å². The Labute approximate surface area is 151 Å². The van der Waals surface area contributed by atoms with Gasteiger partial charge >= 0.3 is 6.18 Å². The lowest BCUT2D eigenvalue weighted by Gasteiger charge is -2.24. The van der Waals surface area contributed by atoms with E-state index in [1.165, 1.54) is 12.4 Å². The first-order chi connectivity index (χ1) is 12.0. The second-order valence-electron chi connectivity index (χ2n) is 7.36. The largest absolute Gasteiger partial charge is 0.493 e. The van der Waals surface area contributed by atoms with Crippen LogP contribution < -0.4 is 10.5 Å². The van der Waals surface area contributed by atoms with Gasteiger partial charge in [0.2, 0.25) is 0 Å². The fourth-order valence-electron chi connectivity index (χ4n) is 2.84. The molecule has 1 heterocycles. The Hall–Kier alpha value is -2.15. The Morgan fingerprint density at radius 3 is 2.42 bits per heavy atom. The van der Waals surface area contributed by atoms with Crippen LogP contribution in [0.25, 0.3) is 11.3 Å². The molecule has 4 nitrogen and oxygen atoms in total. The van der Waals surface area contributed by atoms with Crippen LogP contribution in [0.3, 0.4) is 0 Å². The molecule has 0 spiro atoms. The van der Waals surface area contributed by atoms with Crippen molar-refractivity contribution in [2.45, 2.75) is 45.8 Å². The van der Waals surface area contributed by atoms with Gasteiger partial charge in [-0.25, -0.2) is 9.97 Å². The zero-order valence-electron chi connectivity index (χ0n) is 15.4. The van der Waals surface area contributed by atoms with Crippen LogP contribution in [-0.2, 0) is 6.18 Å². The quantitative estimate of drug-likeness (QED) is 0.810. The minimum Gasteiger partial charge on any atom is -0.493 e. The van der Waals surface area contributed by atoms with Gasteiger partial charge in [-0.3, -0.25) is 0 Å². The number of nitrogens with zero attached hydrogens (tertiary/aromatic N) is 2. The van der Waals surface area contributed by atoms with Crippen molar-refractivity contribution in [2.24, 2.45) is 11.7 Å². The van der Waals surface area contributed by atoms with E-state index in [1.807, 2.05) is 20.8 Å². The highest BCUT2D eigenvalue weighted by atomic mass is 19.4. The van der Waals surface area contributed by atoms with Crippen LogP contribution in [0.2, 0.25) is 0 Å². The predicted molar refractivity (Wildman–Crippen MR) is 94.7 cm³/mol. The second-order valence-corrected chi connectivity index (χ2v) is 7.36. The van der Waals surface area contributed by atoms with E-state index in [0.29, 0.717) is 23.4 Å². The van der Waals surface area contributed by atoms with Gasteiger partial charge in [-0.2, -0.15) is 13.2 Å². The van der Waals surface area contributed by atoms with Crippen LogP contribution >= 0.6 is 0 Å². The SMILES string of the molecule is Cc1cc(-c2ccc(OC[C@@H](C)CC(C)(C)N)c(C(F)(F)F)c2)ncn1. The number of aryl methyl sites for hydroxylation is 1. The van der Waals surface area contributed by atoms with E-state index in [-0.39, 0.29) is 18.3 Å². The number of benzene rings is 1. The lowest BCUT2D eigenvalue weighted by molar-refractivity contribution is -0.139. The molecule has 0 saturated carbocycles. The van der Waals surface area contributed by atoms with E-state index < -0.39 is 17.3 Å². The molecule has 0 saturated heterocycles. The molecule has 0 unspecified atom stereocenters. The molecule has 0 amide bonds. The minimum atomic E-state index is -4.52. The molecule has 0 radical (unpaired) electrons. The lowest BCUT2D eigenvalue weighted by atomic mass is 9.93. The van der Waals surface area contributed by atoms with Crippen molar-refractivity contribution in [3.8, 4) is 17.0 Å². The number of hydrogen-bond donors (Lipinski definition) is 1. The Morgan fingerprint density at radius 2 is 1.85 bits per heavy atom.